The minimum Gasteiger partial charge on any atom is -0.497 e. The molecule has 0 unspecified atom stereocenters. The van der Waals surface area contributed by atoms with E-state index in [-0.39, 0.29) is 18.3 Å². The van der Waals surface area contributed by atoms with Gasteiger partial charge in [0.25, 0.3) is 0 Å². The summed E-state index contributed by atoms with van der Waals surface area (Å²) in [6, 6.07) is 14.5. The number of anilines is 1. The summed E-state index contributed by atoms with van der Waals surface area (Å²) in [5.41, 5.74) is 1.41. The fraction of sp³-hybridized carbons (Fsp3) is 0.182. The normalized spacial score (nSPS) is 10.3. The van der Waals surface area contributed by atoms with E-state index in [1.165, 1.54) is 31.2 Å². The molecule has 0 spiro atoms. The van der Waals surface area contributed by atoms with Gasteiger partial charge in [-0.05, 0) is 48.5 Å². The Morgan fingerprint density at radius 3 is 2.31 bits per heavy atom. The standard InChI is InChI=1S/C22H21FN2O4/c1-15(26)25(14-16-12-20(27-2)9-10-21(16)28-3)18-6-11-22(24-13-18)29-19-7-4-17(23)5-8-19/h4-13H,14H2,1-3H3. The van der Waals surface area contributed by atoms with E-state index in [0.29, 0.717) is 28.8 Å². The second-order valence-corrected chi connectivity index (χ2v) is 6.19. The average molecular weight is 396 g/mol. The zero-order chi connectivity index (χ0) is 20.8. The molecule has 0 fully saturated rings. The molecule has 1 aromatic heterocycles. The van der Waals surface area contributed by atoms with E-state index < -0.39 is 0 Å². The van der Waals surface area contributed by atoms with Gasteiger partial charge in [0, 0.05) is 18.6 Å². The summed E-state index contributed by atoms with van der Waals surface area (Å²) in [4.78, 5) is 18.1. The molecule has 0 radical (unpaired) electrons. The summed E-state index contributed by atoms with van der Waals surface area (Å²) in [6.45, 7) is 1.77. The molecule has 3 rings (SSSR count). The first kappa shape index (κ1) is 20.1. The van der Waals surface area contributed by atoms with Crippen molar-refractivity contribution in [2.24, 2.45) is 0 Å². The van der Waals surface area contributed by atoms with E-state index in [1.54, 1.807) is 49.6 Å². The number of ether oxygens (including phenoxy) is 3. The number of carbonyl (C=O) groups excluding carboxylic acids is 1. The smallest absolute Gasteiger partial charge is 0.224 e. The number of methoxy groups -OCH3 is 2. The van der Waals surface area contributed by atoms with E-state index in [0.717, 1.165) is 5.56 Å². The Balaban J connectivity index is 1.81. The highest BCUT2D eigenvalue weighted by molar-refractivity contribution is 5.91. The van der Waals surface area contributed by atoms with Gasteiger partial charge in [0.15, 0.2) is 0 Å². The number of hydrogen-bond donors (Lipinski definition) is 0. The Kier molecular flexibility index (Phi) is 6.29. The maximum Gasteiger partial charge on any atom is 0.224 e. The maximum absolute atomic E-state index is 13.0. The Bertz CT molecular complexity index is 975. The minimum absolute atomic E-state index is 0.149. The molecule has 29 heavy (non-hydrogen) atoms. The molecular formula is C22H21FN2O4. The molecule has 2 aromatic carbocycles. The average Bonchev–Trinajstić information content (AvgIpc) is 2.74. The number of amides is 1. The molecule has 0 aliphatic carbocycles. The van der Waals surface area contributed by atoms with Gasteiger partial charge in [-0.25, -0.2) is 9.37 Å². The van der Waals surface area contributed by atoms with Crippen molar-refractivity contribution < 1.29 is 23.4 Å². The predicted octanol–water partition coefficient (Wildman–Crippen LogP) is 4.58. The Morgan fingerprint density at radius 2 is 1.72 bits per heavy atom. The summed E-state index contributed by atoms with van der Waals surface area (Å²) in [7, 11) is 3.16. The number of rotatable bonds is 7. The lowest BCUT2D eigenvalue weighted by Crippen LogP contribution is -2.28. The van der Waals surface area contributed by atoms with Gasteiger partial charge in [0.1, 0.15) is 23.1 Å². The van der Waals surface area contributed by atoms with Crippen LogP contribution in [-0.4, -0.2) is 25.1 Å². The fourth-order valence-corrected chi connectivity index (χ4v) is 2.78. The predicted molar refractivity (Wildman–Crippen MR) is 107 cm³/mol. The molecule has 0 N–H and O–H groups in total. The summed E-state index contributed by atoms with van der Waals surface area (Å²) in [5.74, 6) is 1.64. The number of aromatic nitrogens is 1. The lowest BCUT2D eigenvalue weighted by atomic mass is 10.1. The van der Waals surface area contributed by atoms with Crippen LogP contribution in [0, 0.1) is 5.82 Å². The van der Waals surface area contributed by atoms with Crippen molar-refractivity contribution >= 4 is 11.6 Å². The zero-order valence-corrected chi connectivity index (χ0v) is 16.4. The van der Waals surface area contributed by atoms with Crippen LogP contribution in [0.2, 0.25) is 0 Å². The number of hydrogen-bond acceptors (Lipinski definition) is 5. The van der Waals surface area contributed by atoms with Crippen LogP contribution < -0.4 is 19.1 Å². The SMILES string of the molecule is COc1ccc(OC)c(CN(C(C)=O)c2ccc(Oc3ccc(F)cc3)nc2)c1. The maximum atomic E-state index is 13.0. The van der Waals surface area contributed by atoms with Crippen molar-refractivity contribution in [3.63, 3.8) is 0 Å². The lowest BCUT2D eigenvalue weighted by molar-refractivity contribution is -0.116. The van der Waals surface area contributed by atoms with Crippen LogP contribution in [-0.2, 0) is 11.3 Å². The molecule has 7 heteroatoms. The quantitative estimate of drug-likeness (QED) is 0.585. The molecule has 0 saturated heterocycles. The Labute approximate surface area is 168 Å². The fourth-order valence-electron chi connectivity index (χ4n) is 2.78. The van der Waals surface area contributed by atoms with E-state index in [1.807, 2.05) is 6.07 Å². The summed E-state index contributed by atoms with van der Waals surface area (Å²) in [6.07, 6.45) is 1.55. The van der Waals surface area contributed by atoms with Gasteiger partial charge in [-0.15, -0.1) is 0 Å². The highest BCUT2D eigenvalue weighted by Crippen LogP contribution is 2.28. The monoisotopic (exact) mass is 396 g/mol. The van der Waals surface area contributed by atoms with Gasteiger partial charge in [0.2, 0.25) is 11.8 Å². The van der Waals surface area contributed by atoms with Crippen molar-refractivity contribution in [1.82, 2.24) is 4.98 Å². The van der Waals surface area contributed by atoms with E-state index in [4.69, 9.17) is 14.2 Å². The molecule has 150 valence electrons. The molecular weight excluding hydrogens is 375 g/mol. The van der Waals surface area contributed by atoms with E-state index in [9.17, 15) is 9.18 Å². The molecule has 0 bridgehead atoms. The molecule has 1 amide bonds. The molecule has 0 saturated carbocycles. The molecule has 0 aliphatic heterocycles. The topological polar surface area (TPSA) is 60.9 Å². The van der Waals surface area contributed by atoms with Crippen molar-refractivity contribution in [2.75, 3.05) is 19.1 Å². The van der Waals surface area contributed by atoms with Crippen LogP contribution >= 0.6 is 0 Å². The first-order valence-electron chi connectivity index (χ1n) is 8.88. The Morgan fingerprint density at radius 1 is 1.00 bits per heavy atom. The van der Waals surface area contributed by atoms with Crippen molar-refractivity contribution in [1.29, 1.82) is 0 Å². The van der Waals surface area contributed by atoms with Crippen LogP contribution in [0.4, 0.5) is 10.1 Å². The van der Waals surface area contributed by atoms with Crippen LogP contribution in [0.25, 0.3) is 0 Å². The van der Waals surface area contributed by atoms with E-state index in [2.05, 4.69) is 4.98 Å². The number of carbonyl (C=O) groups is 1. The van der Waals surface area contributed by atoms with Gasteiger partial charge < -0.3 is 19.1 Å². The van der Waals surface area contributed by atoms with Crippen LogP contribution in [0.5, 0.6) is 23.1 Å². The largest absolute Gasteiger partial charge is 0.497 e. The molecule has 0 atom stereocenters. The third kappa shape index (κ3) is 5.01. The summed E-state index contributed by atoms with van der Waals surface area (Å²) < 4.78 is 29.3. The zero-order valence-electron chi connectivity index (χ0n) is 16.4. The number of benzene rings is 2. The second-order valence-electron chi connectivity index (χ2n) is 6.19. The highest BCUT2D eigenvalue weighted by atomic mass is 19.1. The van der Waals surface area contributed by atoms with Gasteiger partial charge >= 0.3 is 0 Å². The molecule has 6 nitrogen and oxygen atoms in total. The van der Waals surface area contributed by atoms with Gasteiger partial charge in [-0.3, -0.25) is 4.79 Å². The second kappa shape index (κ2) is 9.05. The van der Waals surface area contributed by atoms with Crippen molar-refractivity contribution in [3.05, 3.63) is 72.2 Å². The first-order chi connectivity index (χ1) is 14.0. The highest BCUT2D eigenvalue weighted by Gasteiger charge is 2.16. The lowest BCUT2D eigenvalue weighted by Gasteiger charge is -2.22. The summed E-state index contributed by atoms with van der Waals surface area (Å²) in [5, 5.41) is 0. The summed E-state index contributed by atoms with van der Waals surface area (Å²) >= 11 is 0. The van der Waals surface area contributed by atoms with Crippen molar-refractivity contribution in [3.8, 4) is 23.1 Å². The van der Waals surface area contributed by atoms with Crippen LogP contribution in [0.15, 0.2) is 60.8 Å². The van der Waals surface area contributed by atoms with Crippen LogP contribution in [0.1, 0.15) is 12.5 Å². The third-order valence-electron chi connectivity index (χ3n) is 4.26. The van der Waals surface area contributed by atoms with Crippen LogP contribution in [0.3, 0.4) is 0 Å². The van der Waals surface area contributed by atoms with Gasteiger partial charge in [-0.1, -0.05) is 0 Å². The molecule has 1 heterocycles. The number of halogens is 1. The van der Waals surface area contributed by atoms with Crippen molar-refractivity contribution in [2.45, 2.75) is 13.5 Å². The third-order valence-corrected chi connectivity index (χ3v) is 4.26. The first-order valence-corrected chi connectivity index (χ1v) is 8.88. The number of pyridine rings is 1. The molecule has 0 aliphatic rings. The molecule has 3 aromatic rings. The Hall–Kier alpha value is -3.61. The van der Waals surface area contributed by atoms with Gasteiger partial charge in [-0.2, -0.15) is 0 Å². The minimum atomic E-state index is -0.342. The van der Waals surface area contributed by atoms with E-state index >= 15 is 0 Å². The van der Waals surface area contributed by atoms with Gasteiger partial charge in [0.05, 0.1) is 32.6 Å². The number of nitrogens with zero attached hydrogens (tertiary/aromatic N) is 2.